The molecule has 8 heteroatoms. The monoisotopic (exact) mass is 515 g/mol. The van der Waals surface area contributed by atoms with Gasteiger partial charge in [0.05, 0.1) is 13.7 Å². The van der Waals surface area contributed by atoms with Crippen LogP contribution in [0.2, 0.25) is 5.02 Å². The summed E-state index contributed by atoms with van der Waals surface area (Å²) in [4.78, 5) is 4.50. The number of nitrogens with zero attached hydrogens (tertiary/aromatic N) is 1. The third kappa shape index (κ3) is 9.41. The highest BCUT2D eigenvalue weighted by molar-refractivity contribution is 14.0. The van der Waals surface area contributed by atoms with Crippen molar-refractivity contribution in [1.82, 2.24) is 10.6 Å². The molecule has 0 radical (unpaired) electrons. The average Bonchev–Trinajstić information content (AvgIpc) is 2.55. The van der Waals surface area contributed by atoms with Crippen molar-refractivity contribution in [3.8, 4) is 5.75 Å². The first-order valence-electron chi connectivity index (χ1n) is 8.51. The molecule has 0 spiro atoms. The second-order valence-electron chi connectivity index (χ2n) is 6.56. The second-order valence-corrected chi connectivity index (χ2v) is 9.29. The highest BCUT2D eigenvalue weighted by Gasteiger charge is 2.18. The Morgan fingerprint density at radius 1 is 1.31 bits per heavy atom. The molecule has 5 nitrogen and oxygen atoms in total. The zero-order valence-corrected chi connectivity index (χ0v) is 20.1. The molecule has 1 aromatic rings. The Balaban J connectivity index is 0.00000625. The van der Waals surface area contributed by atoms with Crippen molar-refractivity contribution in [1.29, 1.82) is 0 Å². The van der Waals surface area contributed by atoms with E-state index in [9.17, 15) is 4.21 Å². The molecule has 0 amide bonds. The smallest absolute Gasteiger partial charge is 0.191 e. The molecule has 0 saturated carbocycles. The normalized spacial score (nSPS) is 12.9. The Hall–Kier alpha value is -0.540. The van der Waals surface area contributed by atoms with E-state index in [-0.39, 0.29) is 28.7 Å². The van der Waals surface area contributed by atoms with E-state index in [2.05, 4.69) is 15.6 Å². The van der Waals surface area contributed by atoms with Gasteiger partial charge in [-0.2, -0.15) is 0 Å². The number of benzene rings is 1. The Morgan fingerprint density at radius 2 is 2.00 bits per heavy atom. The van der Waals surface area contributed by atoms with Gasteiger partial charge in [0.2, 0.25) is 0 Å². The predicted molar refractivity (Wildman–Crippen MR) is 124 cm³/mol. The van der Waals surface area contributed by atoms with Gasteiger partial charge < -0.3 is 15.4 Å². The number of hydrogen-bond acceptors (Lipinski definition) is 3. The minimum absolute atomic E-state index is 0. The van der Waals surface area contributed by atoms with Gasteiger partial charge in [-0.15, -0.1) is 24.0 Å². The summed E-state index contributed by atoms with van der Waals surface area (Å²) in [5, 5.41) is 7.19. The summed E-state index contributed by atoms with van der Waals surface area (Å²) in [6, 6.07) is 5.69. The first-order valence-corrected chi connectivity index (χ1v) is 10.2. The Labute approximate surface area is 182 Å². The average molecular weight is 516 g/mol. The number of methoxy groups -OCH3 is 1. The maximum Gasteiger partial charge on any atom is 0.191 e. The number of nitrogens with one attached hydrogen (secondary N) is 2. The largest absolute Gasteiger partial charge is 0.497 e. The molecule has 0 bridgehead atoms. The summed E-state index contributed by atoms with van der Waals surface area (Å²) < 4.78 is 17.0. The minimum Gasteiger partial charge on any atom is -0.497 e. The lowest BCUT2D eigenvalue weighted by Gasteiger charge is -2.17. The molecule has 0 fully saturated rings. The first-order chi connectivity index (χ1) is 11.8. The number of rotatable bonds is 8. The van der Waals surface area contributed by atoms with E-state index in [0.29, 0.717) is 23.9 Å². The molecule has 0 aliphatic rings. The van der Waals surface area contributed by atoms with Gasteiger partial charge in [-0.1, -0.05) is 17.7 Å². The lowest BCUT2D eigenvalue weighted by atomic mass is 10.1. The molecule has 1 unspecified atom stereocenters. The quantitative estimate of drug-likeness (QED) is 0.315. The fourth-order valence-corrected chi connectivity index (χ4v) is 3.20. The summed E-state index contributed by atoms with van der Waals surface area (Å²) >= 11 is 6.26. The lowest BCUT2D eigenvalue weighted by molar-refractivity contribution is 0.414. The van der Waals surface area contributed by atoms with Crippen molar-refractivity contribution < 1.29 is 8.95 Å². The molecule has 0 heterocycles. The second kappa shape index (κ2) is 12.8. The minimum atomic E-state index is -0.891. The SMILES string of the molecule is CCNC(=NCCS(=O)C(C)(C)C)NCCc1ccc(OC)cc1Cl.I. The molecule has 0 saturated heterocycles. The highest BCUT2D eigenvalue weighted by atomic mass is 127. The first kappa shape index (κ1) is 25.5. The topological polar surface area (TPSA) is 62.7 Å². The maximum atomic E-state index is 12.1. The molecule has 150 valence electrons. The Kier molecular flexibility index (Phi) is 12.5. The molecule has 0 aromatic heterocycles. The van der Waals surface area contributed by atoms with Crippen LogP contribution in [0, 0.1) is 0 Å². The molecule has 2 N–H and O–H groups in total. The van der Waals surface area contributed by atoms with Crippen LogP contribution in [0.4, 0.5) is 0 Å². The summed E-state index contributed by atoms with van der Waals surface area (Å²) in [5.41, 5.74) is 1.06. The molecular weight excluding hydrogens is 485 g/mol. The van der Waals surface area contributed by atoms with Crippen molar-refractivity contribution >= 4 is 52.3 Å². The van der Waals surface area contributed by atoms with Crippen LogP contribution in [0.15, 0.2) is 23.2 Å². The van der Waals surface area contributed by atoms with Gasteiger partial charge in [0.15, 0.2) is 5.96 Å². The van der Waals surface area contributed by atoms with Crippen LogP contribution in [0.1, 0.15) is 33.3 Å². The summed E-state index contributed by atoms with van der Waals surface area (Å²) in [7, 11) is 0.732. The van der Waals surface area contributed by atoms with E-state index < -0.39 is 10.8 Å². The van der Waals surface area contributed by atoms with Gasteiger partial charge in [0, 0.05) is 39.4 Å². The maximum absolute atomic E-state index is 12.1. The molecule has 1 atom stereocenters. The third-order valence-electron chi connectivity index (χ3n) is 3.52. The van der Waals surface area contributed by atoms with Crippen molar-refractivity contribution in [3.63, 3.8) is 0 Å². The van der Waals surface area contributed by atoms with Gasteiger partial charge in [-0.3, -0.25) is 9.20 Å². The summed E-state index contributed by atoms with van der Waals surface area (Å²) in [6.07, 6.45) is 0.779. The Bertz CT molecular complexity index is 607. The number of ether oxygens (including phenoxy) is 1. The van der Waals surface area contributed by atoms with E-state index in [4.69, 9.17) is 16.3 Å². The zero-order valence-electron chi connectivity index (χ0n) is 16.2. The number of aliphatic imine (C=N–C) groups is 1. The van der Waals surface area contributed by atoms with Crippen LogP contribution < -0.4 is 15.4 Å². The molecule has 1 aromatic carbocycles. The Morgan fingerprint density at radius 3 is 2.54 bits per heavy atom. The van der Waals surface area contributed by atoms with Crippen LogP contribution >= 0.6 is 35.6 Å². The fourth-order valence-electron chi connectivity index (χ4n) is 2.06. The van der Waals surface area contributed by atoms with Crippen LogP contribution in [0.3, 0.4) is 0 Å². The van der Waals surface area contributed by atoms with Gasteiger partial charge in [0.1, 0.15) is 5.75 Å². The van der Waals surface area contributed by atoms with Crippen LogP contribution in [0.5, 0.6) is 5.75 Å². The molecule has 1 rings (SSSR count). The van der Waals surface area contributed by atoms with E-state index in [1.807, 2.05) is 45.9 Å². The molecular formula is C18H31ClIN3O2S. The van der Waals surface area contributed by atoms with Gasteiger partial charge in [-0.25, -0.2) is 0 Å². The van der Waals surface area contributed by atoms with E-state index in [1.54, 1.807) is 7.11 Å². The molecule has 0 aliphatic heterocycles. The number of halogens is 2. The third-order valence-corrected chi connectivity index (χ3v) is 5.79. The van der Waals surface area contributed by atoms with E-state index in [1.165, 1.54) is 0 Å². The summed E-state index contributed by atoms with van der Waals surface area (Å²) in [5.74, 6) is 2.05. The van der Waals surface area contributed by atoms with Crippen LogP contribution in [-0.4, -0.2) is 47.4 Å². The van der Waals surface area contributed by atoms with Gasteiger partial charge in [0.25, 0.3) is 0 Å². The lowest BCUT2D eigenvalue weighted by Crippen LogP contribution is -2.38. The van der Waals surface area contributed by atoms with Crippen molar-refractivity contribution in [2.24, 2.45) is 4.99 Å². The van der Waals surface area contributed by atoms with Crippen molar-refractivity contribution in [2.75, 3.05) is 32.5 Å². The zero-order chi connectivity index (χ0) is 18.9. The summed E-state index contributed by atoms with van der Waals surface area (Å²) in [6.45, 7) is 9.98. The fraction of sp³-hybridized carbons (Fsp3) is 0.611. The van der Waals surface area contributed by atoms with E-state index in [0.717, 1.165) is 30.2 Å². The van der Waals surface area contributed by atoms with Gasteiger partial charge >= 0.3 is 0 Å². The van der Waals surface area contributed by atoms with E-state index >= 15 is 0 Å². The van der Waals surface area contributed by atoms with Crippen LogP contribution in [-0.2, 0) is 17.2 Å². The van der Waals surface area contributed by atoms with Crippen molar-refractivity contribution in [3.05, 3.63) is 28.8 Å². The predicted octanol–water partition coefficient (Wildman–Crippen LogP) is 3.61. The number of guanidine groups is 1. The molecule has 0 aliphatic carbocycles. The molecule has 26 heavy (non-hydrogen) atoms. The number of hydrogen-bond donors (Lipinski definition) is 2. The van der Waals surface area contributed by atoms with Crippen LogP contribution in [0.25, 0.3) is 0 Å². The van der Waals surface area contributed by atoms with Gasteiger partial charge in [-0.05, 0) is 51.8 Å². The standard InChI is InChI=1S/C18H30ClN3O2S.HI/c1-6-20-17(22-11-12-25(23)18(2,3)4)21-10-9-14-7-8-15(24-5)13-16(14)19;/h7-8,13H,6,9-12H2,1-5H3,(H2,20,21,22);1H. The highest BCUT2D eigenvalue weighted by Crippen LogP contribution is 2.22. The van der Waals surface area contributed by atoms with Crippen molar-refractivity contribution in [2.45, 2.75) is 38.9 Å².